The topological polar surface area (TPSA) is 110 Å². The number of aromatic nitrogens is 2. The van der Waals surface area contributed by atoms with Crippen molar-refractivity contribution in [2.24, 2.45) is 7.05 Å². The number of hydrogen-bond donors (Lipinski definition) is 2. The first kappa shape index (κ1) is 17.0. The molecule has 0 aliphatic carbocycles. The first-order chi connectivity index (χ1) is 9.56. The van der Waals surface area contributed by atoms with Gasteiger partial charge in [-0.05, 0) is 20.8 Å². The van der Waals surface area contributed by atoms with Crippen molar-refractivity contribution in [3.63, 3.8) is 0 Å². The predicted molar refractivity (Wildman–Crippen MR) is 77.2 cm³/mol. The molecule has 0 aliphatic heterocycles. The zero-order valence-corrected chi connectivity index (χ0v) is 12.8. The second kappa shape index (κ2) is 6.13. The van der Waals surface area contributed by atoms with E-state index in [0.717, 1.165) is 4.57 Å². The number of rotatable bonds is 3. The smallest absolute Gasteiger partial charge is 0.413 e. The molecule has 0 spiro atoms. The second-order valence-corrected chi connectivity index (χ2v) is 5.49. The van der Waals surface area contributed by atoms with Crippen LogP contribution in [0.3, 0.4) is 0 Å². The highest BCUT2D eigenvalue weighted by Crippen LogP contribution is 2.13. The summed E-state index contributed by atoms with van der Waals surface area (Å²) in [6, 6.07) is 0. The number of anilines is 1. The Hall–Kier alpha value is -2.09. The number of nitrogens with one attached hydrogen (secondary N) is 2. The molecule has 8 nitrogen and oxygen atoms in total. The molecule has 0 aromatic carbocycles. The average molecular weight is 318 g/mol. The van der Waals surface area contributed by atoms with E-state index in [1.165, 1.54) is 7.05 Å². The highest BCUT2D eigenvalue weighted by atomic mass is 35.5. The third kappa shape index (κ3) is 4.19. The normalized spacial score (nSPS) is 11.1. The van der Waals surface area contributed by atoms with Crippen molar-refractivity contribution < 1.29 is 14.3 Å². The van der Waals surface area contributed by atoms with Crippen LogP contribution >= 0.6 is 11.6 Å². The molecule has 0 aliphatic rings. The van der Waals surface area contributed by atoms with Gasteiger partial charge in [0.2, 0.25) is 0 Å². The summed E-state index contributed by atoms with van der Waals surface area (Å²) in [4.78, 5) is 48.8. The van der Waals surface area contributed by atoms with Crippen LogP contribution in [0.2, 0.25) is 0 Å². The van der Waals surface area contributed by atoms with Crippen molar-refractivity contribution in [3.8, 4) is 0 Å². The third-order valence-corrected chi connectivity index (χ3v) is 2.59. The zero-order chi connectivity index (χ0) is 16.4. The molecule has 0 saturated heterocycles. The number of nitrogens with zero attached hydrogens (tertiary/aromatic N) is 1. The quantitative estimate of drug-likeness (QED) is 0.634. The minimum absolute atomic E-state index is 0.261. The van der Waals surface area contributed by atoms with Gasteiger partial charge in [-0.3, -0.25) is 24.5 Å². The van der Waals surface area contributed by atoms with E-state index in [2.05, 4.69) is 5.32 Å². The summed E-state index contributed by atoms with van der Waals surface area (Å²) in [6.45, 7) is 4.94. The molecule has 0 radical (unpaired) electrons. The number of H-pyrrole nitrogens is 1. The van der Waals surface area contributed by atoms with E-state index >= 15 is 0 Å². The number of Topliss-reactive ketones (excluding diaryl/α,β-unsaturated/α-hetero) is 1. The van der Waals surface area contributed by atoms with Gasteiger partial charge in [-0.25, -0.2) is 9.59 Å². The summed E-state index contributed by atoms with van der Waals surface area (Å²) in [5, 5.41) is 2.23. The molecule has 21 heavy (non-hydrogen) atoms. The van der Waals surface area contributed by atoms with Crippen molar-refractivity contribution in [2.45, 2.75) is 26.4 Å². The second-order valence-electron chi connectivity index (χ2n) is 5.23. The molecule has 2 N–H and O–H groups in total. The SMILES string of the molecule is Cn1c(NC(=O)OC(C)(C)C)c(C(=O)CCl)c(=O)[nH]c1=O. The Morgan fingerprint density at radius 3 is 2.38 bits per heavy atom. The van der Waals surface area contributed by atoms with Crippen LogP contribution in [0.5, 0.6) is 0 Å². The number of ketones is 1. The van der Waals surface area contributed by atoms with E-state index in [9.17, 15) is 19.2 Å². The molecule has 0 unspecified atom stereocenters. The van der Waals surface area contributed by atoms with Gasteiger partial charge >= 0.3 is 11.8 Å². The van der Waals surface area contributed by atoms with Gasteiger partial charge in [0.15, 0.2) is 5.78 Å². The first-order valence-corrected chi connectivity index (χ1v) is 6.52. The van der Waals surface area contributed by atoms with Crippen LogP contribution in [0.1, 0.15) is 31.1 Å². The van der Waals surface area contributed by atoms with Gasteiger partial charge in [0, 0.05) is 7.05 Å². The zero-order valence-electron chi connectivity index (χ0n) is 12.1. The molecule has 1 rings (SSSR count). The molecule has 1 aromatic rings. The van der Waals surface area contributed by atoms with Crippen LogP contribution in [0.4, 0.5) is 10.6 Å². The number of ether oxygens (including phenoxy) is 1. The van der Waals surface area contributed by atoms with Gasteiger partial charge in [0.05, 0.1) is 5.88 Å². The predicted octanol–water partition coefficient (Wildman–Crippen LogP) is 0.842. The average Bonchev–Trinajstić information content (AvgIpc) is 2.32. The largest absolute Gasteiger partial charge is 0.444 e. The van der Waals surface area contributed by atoms with E-state index < -0.39 is 40.2 Å². The molecule has 1 amide bonds. The van der Waals surface area contributed by atoms with Gasteiger partial charge in [-0.2, -0.15) is 0 Å². The van der Waals surface area contributed by atoms with Crippen LogP contribution < -0.4 is 16.6 Å². The number of halogens is 1. The Morgan fingerprint density at radius 2 is 1.90 bits per heavy atom. The Bertz CT molecular complexity index is 684. The Morgan fingerprint density at radius 1 is 1.33 bits per heavy atom. The van der Waals surface area contributed by atoms with E-state index in [-0.39, 0.29) is 5.82 Å². The summed E-state index contributed by atoms with van der Waals surface area (Å²) in [5.41, 5.74) is -2.88. The van der Waals surface area contributed by atoms with Crippen LogP contribution in [0.25, 0.3) is 0 Å². The number of carbonyl (C=O) groups excluding carboxylic acids is 2. The van der Waals surface area contributed by atoms with Crippen molar-refractivity contribution in [2.75, 3.05) is 11.2 Å². The van der Waals surface area contributed by atoms with Crippen LogP contribution in [0.15, 0.2) is 9.59 Å². The van der Waals surface area contributed by atoms with Crippen molar-refractivity contribution >= 4 is 29.3 Å². The standard InChI is InChI=1S/C12H16ClN3O5/c1-12(2,3)21-11(20)14-8-7(6(17)5-13)9(18)15-10(19)16(8)4/h5H2,1-4H3,(H,14,20)(H,15,18,19). The minimum atomic E-state index is -0.921. The van der Waals surface area contributed by atoms with E-state index in [1.54, 1.807) is 20.8 Å². The molecule has 0 fully saturated rings. The molecular formula is C12H16ClN3O5. The number of alkyl halides is 1. The lowest BCUT2D eigenvalue weighted by atomic mass is 10.2. The van der Waals surface area contributed by atoms with E-state index in [0.29, 0.717) is 0 Å². The van der Waals surface area contributed by atoms with Crippen LogP contribution in [-0.4, -0.2) is 32.9 Å². The molecule has 1 heterocycles. The number of hydrogen-bond acceptors (Lipinski definition) is 5. The summed E-state index contributed by atoms with van der Waals surface area (Å²) in [5.74, 6) is -1.45. The lowest BCUT2D eigenvalue weighted by Crippen LogP contribution is -2.37. The number of carbonyl (C=O) groups is 2. The molecule has 0 bridgehead atoms. The minimum Gasteiger partial charge on any atom is -0.444 e. The molecule has 1 aromatic heterocycles. The van der Waals surface area contributed by atoms with Crippen LogP contribution in [0, 0.1) is 0 Å². The maximum absolute atomic E-state index is 11.8. The van der Waals surface area contributed by atoms with Crippen molar-refractivity contribution in [1.82, 2.24) is 9.55 Å². The Labute approximate surface area is 125 Å². The molecule has 0 atom stereocenters. The molecule has 9 heteroatoms. The lowest BCUT2D eigenvalue weighted by molar-refractivity contribution is 0.0634. The lowest BCUT2D eigenvalue weighted by Gasteiger charge is -2.20. The summed E-state index contributed by atoms with van der Waals surface area (Å²) in [7, 11) is 1.29. The fraction of sp³-hybridized carbons (Fsp3) is 0.500. The van der Waals surface area contributed by atoms with Crippen molar-refractivity contribution in [3.05, 3.63) is 26.4 Å². The maximum Gasteiger partial charge on any atom is 0.413 e. The summed E-state index contributed by atoms with van der Waals surface area (Å²) < 4.78 is 5.94. The Balaban J connectivity index is 3.34. The first-order valence-electron chi connectivity index (χ1n) is 5.99. The van der Waals surface area contributed by atoms with Crippen LogP contribution in [-0.2, 0) is 11.8 Å². The van der Waals surface area contributed by atoms with Gasteiger partial charge in [0.25, 0.3) is 5.56 Å². The number of aromatic amines is 1. The van der Waals surface area contributed by atoms with Gasteiger partial charge < -0.3 is 4.74 Å². The van der Waals surface area contributed by atoms with Gasteiger partial charge in [0.1, 0.15) is 17.0 Å². The van der Waals surface area contributed by atoms with Crippen molar-refractivity contribution in [1.29, 1.82) is 0 Å². The fourth-order valence-electron chi connectivity index (χ4n) is 1.49. The van der Waals surface area contributed by atoms with E-state index in [1.807, 2.05) is 4.98 Å². The molecule has 0 saturated carbocycles. The summed E-state index contributed by atoms with van der Waals surface area (Å²) in [6.07, 6.45) is -0.897. The fourth-order valence-corrected chi connectivity index (χ4v) is 1.63. The molecule has 116 valence electrons. The highest BCUT2D eigenvalue weighted by molar-refractivity contribution is 6.31. The van der Waals surface area contributed by atoms with Gasteiger partial charge in [-0.1, -0.05) is 0 Å². The highest BCUT2D eigenvalue weighted by Gasteiger charge is 2.23. The summed E-state index contributed by atoms with van der Waals surface area (Å²) >= 11 is 5.43. The maximum atomic E-state index is 11.8. The number of amides is 1. The van der Waals surface area contributed by atoms with E-state index in [4.69, 9.17) is 16.3 Å². The van der Waals surface area contributed by atoms with Gasteiger partial charge in [-0.15, -0.1) is 11.6 Å². The molecular weight excluding hydrogens is 302 g/mol. The monoisotopic (exact) mass is 317 g/mol. The Kier molecular flexibility index (Phi) is 4.95. The third-order valence-electron chi connectivity index (χ3n) is 2.34.